The summed E-state index contributed by atoms with van der Waals surface area (Å²) in [6.07, 6.45) is 0.938. The lowest BCUT2D eigenvalue weighted by atomic mass is 10.2. The molecule has 6 nitrogen and oxygen atoms in total. The van der Waals surface area contributed by atoms with Crippen molar-refractivity contribution in [2.45, 2.75) is 46.1 Å². The smallest absolute Gasteiger partial charge is 0.332 e. The summed E-state index contributed by atoms with van der Waals surface area (Å²) < 4.78 is 20.2. The van der Waals surface area contributed by atoms with Gasteiger partial charge in [-0.25, -0.2) is 4.79 Å². The Balaban J connectivity index is 3.33. The third-order valence-corrected chi connectivity index (χ3v) is 1.99. The van der Waals surface area contributed by atoms with Crippen LogP contribution in [0.2, 0.25) is 0 Å². The molecule has 0 fully saturated rings. The first-order chi connectivity index (χ1) is 9.35. The Morgan fingerprint density at radius 3 is 2.20 bits per heavy atom. The zero-order valence-corrected chi connectivity index (χ0v) is 12.9. The number of rotatable bonds is 10. The zero-order valence-electron chi connectivity index (χ0n) is 12.9. The zero-order chi connectivity index (χ0) is 15.4. The first kappa shape index (κ1) is 18.9. The van der Waals surface area contributed by atoms with Crippen molar-refractivity contribution in [3.05, 3.63) is 0 Å². The Morgan fingerprint density at radius 2 is 1.60 bits per heavy atom. The lowest BCUT2D eigenvalue weighted by molar-refractivity contribution is -0.155. The molecule has 0 aliphatic carbocycles. The number of carbonyl (C=O) groups is 2. The van der Waals surface area contributed by atoms with Crippen LogP contribution in [-0.4, -0.2) is 50.6 Å². The van der Waals surface area contributed by atoms with E-state index in [0.29, 0.717) is 39.3 Å². The number of carbonyl (C=O) groups excluding carboxylic acids is 2. The van der Waals surface area contributed by atoms with Gasteiger partial charge in [0, 0.05) is 13.0 Å². The molecule has 0 unspecified atom stereocenters. The van der Waals surface area contributed by atoms with Crippen molar-refractivity contribution in [2.75, 3.05) is 33.0 Å². The second kappa shape index (κ2) is 10.6. The molecule has 0 aliphatic heterocycles. The van der Waals surface area contributed by atoms with Crippen molar-refractivity contribution in [3.63, 3.8) is 0 Å². The summed E-state index contributed by atoms with van der Waals surface area (Å²) in [6, 6.07) is 0. The molecule has 0 aromatic heterocycles. The van der Waals surface area contributed by atoms with E-state index in [1.54, 1.807) is 6.92 Å². The molecule has 0 rings (SSSR count). The van der Waals surface area contributed by atoms with Gasteiger partial charge in [-0.05, 0) is 34.1 Å². The molecule has 0 heterocycles. The Labute approximate surface area is 120 Å². The van der Waals surface area contributed by atoms with Gasteiger partial charge in [0.15, 0.2) is 0 Å². The number of hydrogen-bond donors (Lipinski definition) is 0. The molecule has 6 heteroatoms. The van der Waals surface area contributed by atoms with E-state index in [1.807, 2.05) is 20.8 Å². The van der Waals surface area contributed by atoms with E-state index in [2.05, 4.69) is 0 Å². The van der Waals surface area contributed by atoms with Crippen molar-refractivity contribution < 1.29 is 28.5 Å². The second-order valence-corrected chi connectivity index (χ2v) is 5.16. The molecule has 0 saturated carbocycles. The third-order valence-electron chi connectivity index (χ3n) is 1.99. The summed E-state index contributed by atoms with van der Waals surface area (Å²) in [5.74, 6) is -0.600. The van der Waals surface area contributed by atoms with E-state index < -0.39 is 5.60 Å². The van der Waals surface area contributed by atoms with Crippen LogP contribution in [0.4, 0.5) is 0 Å². The number of hydrogen-bond acceptors (Lipinski definition) is 6. The lowest BCUT2D eigenvalue weighted by Gasteiger charge is -2.19. The molecule has 0 aromatic rings. The maximum Gasteiger partial charge on any atom is 0.332 e. The molecule has 0 aliphatic rings. The minimum Gasteiger partial charge on any atom is -0.464 e. The average Bonchev–Trinajstić information content (AvgIpc) is 2.30. The second-order valence-electron chi connectivity index (χ2n) is 5.16. The van der Waals surface area contributed by atoms with Gasteiger partial charge in [0.2, 0.25) is 0 Å². The van der Waals surface area contributed by atoms with Crippen molar-refractivity contribution in [2.24, 2.45) is 0 Å². The van der Waals surface area contributed by atoms with Crippen LogP contribution < -0.4 is 0 Å². The topological polar surface area (TPSA) is 71.1 Å². The summed E-state index contributed by atoms with van der Waals surface area (Å²) in [4.78, 5) is 22.3. The Morgan fingerprint density at radius 1 is 0.950 bits per heavy atom. The highest BCUT2D eigenvalue weighted by molar-refractivity contribution is 5.70. The quantitative estimate of drug-likeness (QED) is 0.450. The van der Waals surface area contributed by atoms with E-state index in [9.17, 15) is 9.59 Å². The fraction of sp³-hybridized carbons (Fsp3) is 0.857. The van der Waals surface area contributed by atoms with Crippen LogP contribution in [0.5, 0.6) is 0 Å². The molecule has 0 bridgehead atoms. The highest BCUT2D eigenvalue weighted by atomic mass is 16.6. The molecule has 0 saturated heterocycles. The first-order valence-electron chi connectivity index (χ1n) is 6.88. The predicted octanol–water partition coefficient (Wildman–Crippen LogP) is 1.70. The lowest BCUT2D eigenvalue weighted by Crippen LogP contribution is -2.23. The minimum atomic E-state index is -0.446. The predicted molar refractivity (Wildman–Crippen MR) is 73.4 cm³/mol. The molecular formula is C14H26O6. The summed E-state index contributed by atoms with van der Waals surface area (Å²) >= 11 is 0. The molecule has 0 radical (unpaired) electrons. The van der Waals surface area contributed by atoms with E-state index in [1.165, 1.54) is 0 Å². The van der Waals surface area contributed by atoms with Crippen LogP contribution in [0.15, 0.2) is 0 Å². The van der Waals surface area contributed by atoms with Crippen molar-refractivity contribution in [3.8, 4) is 0 Å². The van der Waals surface area contributed by atoms with Gasteiger partial charge in [-0.3, -0.25) is 4.79 Å². The summed E-state index contributed by atoms with van der Waals surface area (Å²) in [5, 5.41) is 0. The first-order valence-corrected chi connectivity index (χ1v) is 6.88. The highest BCUT2D eigenvalue weighted by Gasteiger charge is 2.15. The van der Waals surface area contributed by atoms with Gasteiger partial charge < -0.3 is 18.9 Å². The molecule has 0 atom stereocenters. The van der Waals surface area contributed by atoms with Crippen molar-refractivity contribution in [1.29, 1.82) is 0 Å². The van der Waals surface area contributed by atoms with E-state index in [-0.39, 0.29) is 18.5 Å². The van der Waals surface area contributed by atoms with Gasteiger partial charge in [0.25, 0.3) is 0 Å². The van der Waals surface area contributed by atoms with Crippen LogP contribution >= 0.6 is 0 Å². The molecule has 118 valence electrons. The maximum absolute atomic E-state index is 11.4. The van der Waals surface area contributed by atoms with Gasteiger partial charge in [0.05, 0.1) is 19.8 Å². The van der Waals surface area contributed by atoms with Crippen LogP contribution in [0, 0.1) is 0 Å². The molecule has 0 spiro atoms. The van der Waals surface area contributed by atoms with Crippen LogP contribution in [-0.2, 0) is 28.5 Å². The monoisotopic (exact) mass is 290 g/mol. The van der Waals surface area contributed by atoms with Crippen LogP contribution in [0.1, 0.15) is 40.5 Å². The van der Waals surface area contributed by atoms with E-state index in [0.717, 1.165) is 0 Å². The number of esters is 2. The number of ether oxygens (including phenoxy) is 4. The van der Waals surface area contributed by atoms with Gasteiger partial charge >= 0.3 is 11.9 Å². The van der Waals surface area contributed by atoms with Gasteiger partial charge in [-0.1, -0.05) is 0 Å². The van der Waals surface area contributed by atoms with Crippen LogP contribution in [0.25, 0.3) is 0 Å². The Kier molecular flexibility index (Phi) is 10.0. The van der Waals surface area contributed by atoms with Gasteiger partial charge in [-0.2, -0.15) is 0 Å². The fourth-order valence-corrected chi connectivity index (χ4v) is 1.29. The largest absolute Gasteiger partial charge is 0.464 e. The maximum atomic E-state index is 11.4. The Bertz CT molecular complexity index is 282. The van der Waals surface area contributed by atoms with Crippen molar-refractivity contribution in [1.82, 2.24) is 0 Å². The molecule has 0 aromatic carbocycles. The van der Waals surface area contributed by atoms with Gasteiger partial charge in [0.1, 0.15) is 12.2 Å². The highest BCUT2D eigenvalue weighted by Crippen LogP contribution is 2.08. The molecule has 20 heavy (non-hydrogen) atoms. The molecule has 0 amide bonds. The minimum absolute atomic E-state index is 0.0604. The SMILES string of the molecule is CCOC(=O)COCCOCCCC(=O)OC(C)(C)C. The van der Waals surface area contributed by atoms with Crippen molar-refractivity contribution >= 4 is 11.9 Å². The summed E-state index contributed by atoms with van der Waals surface area (Å²) in [6.45, 7) is 8.71. The third kappa shape index (κ3) is 13.3. The molecule has 0 N–H and O–H groups in total. The summed E-state index contributed by atoms with van der Waals surface area (Å²) in [7, 11) is 0. The normalized spacial score (nSPS) is 11.2. The molecular weight excluding hydrogens is 264 g/mol. The van der Waals surface area contributed by atoms with E-state index in [4.69, 9.17) is 18.9 Å². The average molecular weight is 290 g/mol. The van der Waals surface area contributed by atoms with Crippen LogP contribution in [0.3, 0.4) is 0 Å². The Hall–Kier alpha value is -1.14. The van der Waals surface area contributed by atoms with Gasteiger partial charge in [-0.15, -0.1) is 0 Å². The summed E-state index contributed by atoms with van der Waals surface area (Å²) in [5.41, 5.74) is -0.446. The van der Waals surface area contributed by atoms with E-state index >= 15 is 0 Å². The standard InChI is InChI=1S/C14H26O6/c1-5-19-13(16)11-18-10-9-17-8-6-7-12(15)20-14(2,3)4/h5-11H2,1-4H3. The fourth-order valence-electron chi connectivity index (χ4n) is 1.29.